The van der Waals surface area contributed by atoms with E-state index in [1.165, 1.54) is 12.1 Å². The topological polar surface area (TPSA) is 49.8 Å². The zero-order valence-electron chi connectivity index (χ0n) is 10.7. The van der Waals surface area contributed by atoms with Crippen molar-refractivity contribution in [2.75, 3.05) is 26.1 Å². The molecule has 0 fully saturated rings. The van der Waals surface area contributed by atoms with Crippen LogP contribution < -0.4 is 4.90 Å². The van der Waals surface area contributed by atoms with Gasteiger partial charge in [0.2, 0.25) is 0 Å². The van der Waals surface area contributed by atoms with E-state index in [-0.39, 0.29) is 0 Å². The molecule has 0 radical (unpaired) electrons. The average molecular weight is 277 g/mol. The summed E-state index contributed by atoms with van der Waals surface area (Å²) in [7, 11) is 4.21. The highest BCUT2D eigenvalue weighted by molar-refractivity contribution is 5.82. The summed E-state index contributed by atoms with van der Waals surface area (Å²) < 4.78 is 42.8. The molecular formula is C12H14F3NO3. The van der Waals surface area contributed by atoms with E-state index in [0.29, 0.717) is 5.69 Å². The highest BCUT2D eigenvalue weighted by Crippen LogP contribution is 2.40. The molecule has 19 heavy (non-hydrogen) atoms. The second-order valence-electron chi connectivity index (χ2n) is 4.14. The number of ether oxygens (including phenoxy) is 1. The van der Waals surface area contributed by atoms with Crippen LogP contribution in [-0.2, 0) is 15.1 Å². The van der Waals surface area contributed by atoms with Crippen LogP contribution in [0, 0.1) is 0 Å². The van der Waals surface area contributed by atoms with Gasteiger partial charge >= 0.3 is 12.1 Å². The maximum atomic E-state index is 12.9. The molecule has 1 atom stereocenters. The molecule has 7 heteroatoms. The standard InChI is InChI=1S/C12H14F3NO3/c1-16(2)9-6-4-8(5-7-9)11(18,10(17)19-3)12(13,14)15/h4-7,18H,1-3H3/t11-/m0/s1. The van der Waals surface area contributed by atoms with Gasteiger partial charge in [-0.2, -0.15) is 13.2 Å². The van der Waals surface area contributed by atoms with E-state index in [1.807, 2.05) is 0 Å². The van der Waals surface area contributed by atoms with E-state index in [9.17, 15) is 23.1 Å². The molecule has 0 aliphatic heterocycles. The summed E-state index contributed by atoms with van der Waals surface area (Å²) in [6.45, 7) is 0. The van der Waals surface area contributed by atoms with Crippen LogP contribution in [0.25, 0.3) is 0 Å². The van der Waals surface area contributed by atoms with E-state index in [4.69, 9.17) is 0 Å². The monoisotopic (exact) mass is 277 g/mol. The van der Waals surface area contributed by atoms with Gasteiger partial charge in [0.15, 0.2) is 0 Å². The first kappa shape index (κ1) is 15.3. The van der Waals surface area contributed by atoms with Gasteiger partial charge in [0.05, 0.1) is 7.11 Å². The summed E-state index contributed by atoms with van der Waals surface area (Å²) in [6.07, 6.45) is -5.17. The molecule has 0 unspecified atom stereocenters. The first-order valence-electron chi connectivity index (χ1n) is 5.30. The number of nitrogens with zero attached hydrogens (tertiary/aromatic N) is 1. The Morgan fingerprint density at radius 2 is 1.68 bits per heavy atom. The molecule has 0 aromatic heterocycles. The molecule has 0 heterocycles. The fourth-order valence-electron chi connectivity index (χ4n) is 1.55. The summed E-state index contributed by atoms with van der Waals surface area (Å²) in [5.74, 6) is -1.77. The Morgan fingerprint density at radius 1 is 1.21 bits per heavy atom. The van der Waals surface area contributed by atoms with Gasteiger partial charge in [-0.1, -0.05) is 12.1 Å². The third-order valence-electron chi connectivity index (χ3n) is 2.69. The van der Waals surface area contributed by atoms with Crippen LogP contribution in [0.15, 0.2) is 24.3 Å². The Morgan fingerprint density at radius 3 is 2.00 bits per heavy atom. The number of halogens is 3. The number of esters is 1. The summed E-state index contributed by atoms with van der Waals surface area (Å²) in [5, 5.41) is 9.70. The van der Waals surface area contributed by atoms with Crippen LogP contribution in [0.2, 0.25) is 0 Å². The minimum atomic E-state index is -5.17. The highest BCUT2D eigenvalue weighted by atomic mass is 19.4. The molecule has 1 aromatic carbocycles. The molecule has 1 aromatic rings. The smallest absolute Gasteiger partial charge is 0.432 e. The second-order valence-corrected chi connectivity index (χ2v) is 4.14. The van der Waals surface area contributed by atoms with Crippen LogP contribution in [0.3, 0.4) is 0 Å². The van der Waals surface area contributed by atoms with Crippen molar-refractivity contribution in [2.24, 2.45) is 0 Å². The SMILES string of the molecule is COC(=O)[C@@](O)(c1ccc(N(C)C)cc1)C(F)(F)F. The zero-order chi connectivity index (χ0) is 14.8. The number of aliphatic hydroxyl groups is 1. The Bertz CT molecular complexity index is 456. The molecule has 106 valence electrons. The van der Waals surface area contributed by atoms with Crippen molar-refractivity contribution in [1.29, 1.82) is 0 Å². The van der Waals surface area contributed by atoms with Crippen molar-refractivity contribution < 1.29 is 27.8 Å². The van der Waals surface area contributed by atoms with Gasteiger partial charge in [-0.25, -0.2) is 4.79 Å². The second kappa shape index (κ2) is 5.08. The van der Waals surface area contributed by atoms with Crippen LogP contribution in [0.5, 0.6) is 0 Å². The fourth-order valence-corrected chi connectivity index (χ4v) is 1.55. The Kier molecular flexibility index (Phi) is 4.09. The highest BCUT2D eigenvalue weighted by Gasteiger charge is 2.62. The van der Waals surface area contributed by atoms with Crippen molar-refractivity contribution in [3.63, 3.8) is 0 Å². The van der Waals surface area contributed by atoms with E-state index in [0.717, 1.165) is 19.2 Å². The minimum Gasteiger partial charge on any atom is -0.466 e. The van der Waals surface area contributed by atoms with Gasteiger partial charge < -0.3 is 14.7 Å². The molecule has 0 aliphatic rings. The average Bonchev–Trinajstić information content (AvgIpc) is 2.35. The van der Waals surface area contributed by atoms with Crippen LogP contribution in [0.1, 0.15) is 5.56 Å². The van der Waals surface area contributed by atoms with Gasteiger partial charge in [0, 0.05) is 25.3 Å². The van der Waals surface area contributed by atoms with Crippen molar-refractivity contribution in [1.82, 2.24) is 0 Å². The molecule has 0 saturated carbocycles. The summed E-state index contributed by atoms with van der Waals surface area (Å²) in [4.78, 5) is 13.0. The Labute approximate surface area is 108 Å². The number of carbonyl (C=O) groups excluding carboxylic acids is 1. The molecular weight excluding hydrogens is 263 g/mol. The maximum absolute atomic E-state index is 12.9. The number of hydrogen-bond donors (Lipinski definition) is 1. The van der Waals surface area contributed by atoms with E-state index in [1.54, 1.807) is 19.0 Å². The van der Waals surface area contributed by atoms with E-state index >= 15 is 0 Å². The number of rotatable bonds is 3. The minimum absolute atomic E-state index is 0.586. The zero-order valence-corrected chi connectivity index (χ0v) is 10.7. The van der Waals surface area contributed by atoms with E-state index in [2.05, 4.69) is 4.74 Å². The molecule has 4 nitrogen and oxygen atoms in total. The lowest BCUT2D eigenvalue weighted by atomic mass is 9.93. The predicted octanol–water partition coefficient (Wildman–Crippen LogP) is 1.68. The van der Waals surface area contributed by atoms with Crippen LogP contribution in [-0.4, -0.2) is 38.5 Å². The molecule has 0 bridgehead atoms. The van der Waals surface area contributed by atoms with Gasteiger partial charge in [-0.05, 0) is 12.1 Å². The lowest BCUT2D eigenvalue weighted by molar-refractivity contribution is -0.266. The van der Waals surface area contributed by atoms with Crippen molar-refractivity contribution in [2.45, 2.75) is 11.8 Å². The first-order valence-corrected chi connectivity index (χ1v) is 5.30. The van der Waals surface area contributed by atoms with E-state index < -0.39 is 23.3 Å². The van der Waals surface area contributed by atoms with Crippen LogP contribution in [0.4, 0.5) is 18.9 Å². The largest absolute Gasteiger partial charge is 0.466 e. The number of carbonyl (C=O) groups is 1. The molecule has 0 spiro atoms. The van der Waals surface area contributed by atoms with Crippen LogP contribution >= 0.6 is 0 Å². The van der Waals surface area contributed by atoms with Gasteiger partial charge in [-0.15, -0.1) is 0 Å². The third kappa shape index (κ3) is 2.65. The quantitative estimate of drug-likeness (QED) is 0.854. The lowest BCUT2D eigenvalue weighted by Gasteiger charge is -2.28. The summed E-state index contributed by atoms with van der Waals surface area (Å²) >= 11 is 0. The number of anilines is 1. The summed E-state index contributed by atoms with van der Waals surface area (Å²) in [6, 6.07) is 4.82. The van der Waals surface area contributed by atoms with Gasteiger partial charge in [0.25, 0.3) is 5.60 Å². The molecule has 1 rings (SSSR count). The summed E-state index contributed by atoms with van der Waals surface area (Å²) in [5.41, 5.74) is -3.61. The third-order valence-corrected chi connectivity index (χ3v) is 2.69. The van der Waals surface area contributed by atoms with Crippen molar-refractivity contribution >= 4 is 11.7 Å². The maximum Gasteiger partial charge on any atom is 0.432 e. The fraction of sp³-hybridized carbons (Fsp3) is 0.417. The van der Waals surface area contributed by atoms with Gasteiger partial charge in [-0.3, -0.25) is 0 Å². The number of alkyl halides is 3. The Hall–Kier alpha value is -1.76. The number of methoxy groups -OCH3 is 1. The molecule has 0 aliphatic carbocycles. The molecule has 1 N–H and O–H groups in total. The molecule has 0 amide bonds. The normalized spacial score (nSPS) is 14.7. The van der Waals surface area contributed by atoms with Gasteiger partial charge in [0.1, 0.15) is 0 Å². The Balaban J connectivity index is 3.31. The lowest BCUT2D eigenvalue weighted by Crippen LogP contribution is -2.49. The molecule has 0 saturated heterocycles. The first-order chi connectivity index (χ1) is 8.64. The predicted molar refractivity (Wildman–Crippen MR) is 62.7 cm³/mol. The van der Waals surface area contributed by atoms with Crippen molar-refractivity contribution in [3.8, 4) is 0 Å². The number of hydrogen-bond acceptors (Lipinski definition) is 4. The number of benzene rings is 1. The van der Waals surface area contributed by atoms with Crippen molar-refractivity contribution in [3.05, 3.63) is 29.8 Å².